The van der Waals surface area contributed by atoms with E-state index in [1.807, 2.05) is 13.0 Å². The number of anilines is 1. The molecule has 0 heterocycles. The van der Waals surface area contributed by atoms with E-state index in [4.69, 9.17) is 11.6 Å². The molecule has 0 aliphatic carbocycles. The van der Waals surface area contributed by atoms with Crippen LogP contribution in [0.2, 0.25) is 5.02 Å². The van der Waals surface area contributed by atoms with Gasteiger partial charge in [-0.15, -0.1) is 0 Å². The lowest BCUT2D eigenvalue weighted by molar-refractivity contribution is 1.14. The number of nitrogens with one attached hydrogen (secondary N) is 1. The Kier molecular flexibility index (Phi) is 4.29. The van der Waals surface area contributed by atoms with E-state index in [0.717, 1.165) is 22.8 Å². The van der Waals surface area contributed by atoms with Crippen molar-refractivity contribution in [2.24, 2.45) is 0 Å². The van der Waals surface area contributed by atoms with Gasteiger partial charge in [0, 0.05) is 20.8 Å². The smallest absolute Gasteiger partial charge is 0.0458 e. The molecule has 0 aliphatic heterocycles. The summed E-state index contributed by atoms with van der Waals surface area (Å²) in [4.78, 5) is 0. The zero-order valence-corrected chi connectivity index (χ0v) is 12.4. The first-order chi connectivity index (χ1) is 8.15. The van der Waals surface area contributed by atoms with Gasteiger partial charge < -0.3 is 5.32 Å². The molecule has 2 aromatic carbocycles. The number of hydrogen-bond donors (Lipinski definition) is 1. The largest absolute Gasteiger partial charge is 0.381 e. The van der Waals surface area contributed by atoms with E-state index in [1.165, 1.54) is 9.13 Å². The van der Waals surface area contributed by atoms with Crippen molar-refractivity contribution in [2.45, 2.75) is 13.5 Å². The summed E-state index contributed by atoms with van der Waals surface area (Å²) < 4.78 is 1.24. The van der Waals surface area contributed by atoms with Crippen LogP contribution in [0.1, 0.15) is 11.1 Å². The van der Waals surface area contributed by atoms with Crippen molar-refractivity contribution >= 4 is 39.9 Å². The fourth-order valence-electron chi connectivity index (χ4n) is 1.56. The van der Waals surface area contributed by atoms with Crippen LogP contribution in [-0.2, 0) is 6.54 Å². The average molecular weight is 358 g/mol. The van der Waals surface area contributed by atoms with E-state index in [9.17, 15) is 0 Å². The molecule has 3 heteroatoms. The van der Waals surface area contributed by atoms with Crippen LogP contribution < -0.4 is 5.32 Å². The highest BCUT2D eigenvalue weighted by molar-refractivity contribution is 14.1. The zero-order valence-electron chi connectivity index (χ0n) is 9.50. The van der Waals surface area contributed by atoms with Gasteiger partial charge in [-0.25, -0.2) is 0 Å². The first kappa shape index (κ1) is 12.7. The molecule has 0 radical (unpaired) electrons. The Morgan fingerprint density at radius 1 is 1.12 bits per heavy atom. The summed E-state index contributed by atoms with van der Waals surface area (Å²) >= 11 is 8.48. The third-order valence-electron chi connectivity index (χ3n) is 2.54. The highest BCUT2D eigenvalue weighted by atomic mass is 127. The van der Waals surface area contributed by atoms with Gasteiger partial charge in [0.2, 0.25) is 0 Å². The zero-order chi connectivity index (χ0) is 12.3. The summed E-state index contributed by atoms with van der Waals surface area (Å²) in [6.45, 7) is 2.79. The summed E-state index contributed by atoms with van der Waals surface area (Å²) in [6.07, 6.45) is 0. The first-order valence-electron chi connectivity index (χ1n) is 5.39. The molecule has 88 valence electrons. The molecule has 2 aromatic rings. The SMILES string of the molecule is Cc1ccc(CNc2ccc(I)cc2)c(Cl)c1. The molecule has 0 bridgehead atoms. The van der Waals surface area contributed by atoms with Crippen LogP contribution in [-0.4, -0.2) is 0 Å². The van der Waals surface area contributed by atoms with Crippen molar-refractivity contribution in [3.63, 3.8) is 0 Å². The van der Waals surface area contributed by atoms with Gasteiger partial charge in [0.05, 0.1) is 0 Å². The standard InChI is InChI=1S/C14H13ClIN/c1-10-2-3-11(14(15)8-10)9-17-13-6-4-12(16)5-7-13/h2-8,17H,9H2,1H3. The molecule has 0 amide bonds. The van der Waals surface area contributed by atoms with Gasteiger partial charge in [-0.2, -0.15) is 0 Å². The normalized spacial score (nSPS) is 10.3. The van der Waals surface area contributed by atoms with Gasteiger partial charge in [0.15, 0.2) is 0 Å². The maximum atomic E-state index is 6.18. The second kappa shape index (κ2) is 5.74. The van der Waals surface area contributed by atoms with Gasteiger partial charge >= 0.3 is 0 Å². The predicted molar refractivity (Wildman–Crippen MR) is 82.7 cm³/mol. The summed E-state index contributed by atoms with van der Waals surface area (Å²) in [7, 11) is 0. The molecule has 1 N–H and O–H groups in total. The quantitative estimate of drug-likeness (QED) is 0.773. The lowest BCUT2D eigenvalue weighted by atomic mass is 10.1. The average Bonchev–Trinajstić information content (AvgIpc) is 2.30. The highest BCUT2D eigenvalue weighted by Crippen LogP contribution is 2.19. The Morgan fingerprint density at radius 2 is 1.82 bits per heavy atom. The van der Waals surface area contributed by atoms with Crippen LogP contribution in [0.4, 0.5) is 5.69 Å². The second-order valence-corrected chi connectivity index (χ2v) is 5.61. The van der Waals surface area contributed by atoms with E-state index >= 15 is 0 Å². The van der Waals surface area contributed by atoms with Crippen molar-refractivity contribution in [3.8, 4) is 0 Å². The van der Waals surface area contributed by atoms with E-state index in [1.54, 1.807) is 0 Å². The third-order valence-corrected chi connectivity index (χ3v) is 3.61. The number of benzene rings is 2. The fraction of sp³-hybridized carbons (Fsp3) is 0.143. The Labute approximate surface area is 120 Å². The van der Waals surface area contributed by atoms with E-state index in [0.29, 0.717) is 0 Å². The summed E-state index contributed by atoms with van der Waals surface area (Å²) in [5.41, 5.74) is 3.42. The van der Waals surface area contributed by atoms with E-state index in [2.05, 4.69) is 64.3 Å². The monoisotopic (exact) mass is 357 g/mol. The Bertz CT molecular complexity index is 508. The molecule has 17 heavy (non-hydrogen) atoms. The van der Waals surface area contributed by atoms with E-state index in [-0.39, 0.29) is 0 Å². The van der Waals surface area contributed by atoms with Crippen molar-refractivity contribution in [1.29, 1.82) is 0 Å². The van der Waals surface area contributed by atoms with Crippen LogP contribution in [0.15, 0.2) is 42.5 Å². The number of aryl methyl sites for hydroxylation is 1. The first-order valence-corrected chi connectivity index (χ1v) is 6.85. The minimum Gasteiger partial charge on any atom is -0.381 e. The summed E-state index contributed by atoms with van der Waals surface area (Å²) in [5.74, 6) is 0. The van der Waals surface area contributed by atoms with Crippen LogP contribution in [0.5, 0.6) is 0 Å². The summed E-state index contributed by atoms with van der Waals surface area (Å²) in [6, 6.07) is 14.5. The molecule has 0 saturated carbocycles. The fourth-order valence-corrected chi connectivity index (χ4v) is 2.22. The maximum absolute atomic E-state index is 6.18. The van der Waals surface area contributed by atoms with Crippen LogP contribution in [0.25, 0.3) is 0 Å². The van der Waals surface area contributed by atoms with Gasteiger partial charge in [-0.3, -0.25) is 0 Å². The van der Waals surface area contributed by atoms with Gasteiger partial charge in [-0.05, 0) is 71.0 Å². The molecule has 0 aliphatic rings. The number of halogens is 2. The minimum absolute atomic E-state index is 0.750. The Morgan fingerprint density at radius 3 is 2.47 bits per heavy atom. The molecule has 0 spiro atoms. The topological polar surface area (TPSA) is 12.0 Å². The molecule has 0 saturated heterocycles. The Hall–Kier alpha value is -0.740. The van der Waals surface area contributed by atoms with Crippen LogP contribution in [0.3, 0.4) is 0 Å². The lowest BCUT2D eigenvalue weighted by Gasteiger charge is -2.08. The molecule has 0 unspecified atom stereocenters. The number of hydrogen-bond acceptors (Lipinski definition) is 1. The summed E-state index contributed by atoms with van der Waals surface area (Å²) in [5, 5.41) is 4.18. The molecular weight excluding hydrogens is 345 g/mol. The van der Waals surface area contributed by atoms with Crippen molar-refractivity contribution in [3.05, 3.63) is 62.2 Å². The molecule has 1 nitrogen and oxygen atoms in total. The molecule has 0 atom stereocenters. The molecule has 2 rings (SSSR count). The van der Waals surface area contributed by atoms with Crippen molar-refractivity contribution in [2.75, 3.05) is 5.32 Å². The number of rotatable bonds is 3. The van der Waals surface area contributed by atoms with Gasteiger partial charge in [-0.1, -0.05) is 23.7 Å². The molecular formula is C14H13ClIN. The van der Waals surface area contributed by atoms with Crippen LogP contribution in [0, 0.1) is 10.5 Å². The minimum atomic E-state index is 0.750. The third kappa shape index (κ3) is 3.61. The van der Waals surface area contributed by atoms with E-state index < -0.39 is 0 Å². The molecule has 0 fully saturated rings. The second-order valence-electron chi connectivity index (χ2n) is 3.96. The van der Waals surface area contributed by atoms with Gasteiger partial charge in [0.1, 0.15) is 0 Å². The lowest BCUT2D eigenvalue weighted by Crippen LogP contribution is -2.00. The van der Waals surface area contributed by atoms with Crippen LogP contribution >= 0.6 is 34.2 Å². The Balaban J connectivity index is 2.04. The van der Waals surface area contributed by atoms with Gasteiger partial charge in [0.25, 0.3) is 0 Å². The molecule has 0 aromatic heterocycles. The maximum Gasteiger partial charge on any atom is 0.0458 e. The van der Waals surface area contributed by atoms with Crippen molar-refractivity contribution in [1.82, 2.24) is 0 Å². The highest BCUT2D eigenvalue weighted by Gasteiger charge is 2.00. The predicted octanol–water partition coefficient (Wildman–Crippen LogP) is 4.87. The van der Waals surface area contributed by atoms with Crippen molar-refractivity contribution < 1.29 is 0 Å².